The lowest BCUT2D eigenvalue weighted by atomic mass is 9.93. The Bertz CT molecular complexity index is 713. The number of carbonyl (C=O) groups is 2. The lowest BCUT2D eigenvalue weighted by molar-refractivity contribution is -0.122. The molecule has 1 aliphatic heterocycles. The molecule has 0 bridgehead atoms. The molecule has 0 radical (unpaired) electrons. The molecule has 1 aliphatic rings. The Hall–Kier alpha value is -1.41. The van der Waals surface area contributed by atoms with E-state index in [-0.39, 0.29) is 5.91 Å². The van der Waals surface area contributed by atoms with Crippen molar-refractivity contribution < 1.29 is 9.59 Å². The third-order valence-electron chi connectivity index (χ3n) is 3.65. The van der Waals surface area contributed by atoms with E-state index in [1.165, 1.54) is 11.3 Å². The molecule has 0 saturated heterocycles. The van der Waals surface area contributed by atoms with E-state index < -0.39 is 11.9 Å². The summed E-state index contributed by atoms with van der Waals surface area (Å²) >= 11 is 3.69. The van der Waals surface area contributed by atoms with E-state index in [4.69, 9.17) is 5.73 Å². The molecule has 0 saturated carbocycles. The summed E-state index contributed by atoms with van der Waals surface area (Å²) < 4.78 is 1.05. The Kier molecular flexibility index (Phi) is 3.99. The molecule has 3 rings (SSSR count). The fourth-order valence-electron chi connectivity index (χ4n) is 2.58. The number of rotatable bonds is 2. The van der Waals surface area contributed by atoms with E-state index in [9.17, 15) is 9.59 Å². The van der Waals surface area contributed by atoms with E-state index in [2.05, 4.69) is 22.6 Å². The number of primary amides is 1. The van der Waals surface area contributed by atoms with Crippen molar-refractivity contribution in [1.29, 1.82) is 0 Å². The average Bonchev–Trinajstić information content (AvgIpc) is 2.91. The molecular formula is C15H13IN2O2S. The van der Waals surface area contributed by atoms with E-state index in [0.717, 1.165) is 14.0 Å². The van der Waals surface area contributed by atoms with Gasteiger partial charge in [-0.1, -0.05) is 24.3 Å². The fourth-order valence-corrected chi connectivity index (χ4v) is 3.90. The molecule has 108 valence electrons. The minimum Gasteiger partial charge on any atom is -0.368 e. The van der Waals surface area contributed by atoms with Gasteiger partial charge in [0.1, 0.15) is 6.04 Å². The lowest BCUT2D eigenvalue weighted by Gasteiger charge is -2.35. The highest BCUT2D eigenvalue weighted by Crippen LogP contribution is 2.26. The molecule has 0 unspecified atom stereocenters. The summed E-state index contributed by atoms with van der Waals surface area (Å²) in [6.45, 7) is 0.426. The standard InChI is InChI=1S/C15H13IN2O2S/c16-13-6-11(8-21-13)15(20)18-7-10-4-2-1-3-9(10)5-12(18)14(17)19/h1-4,6,8,12H,5,7H2,(H2,17,19)/t12-/m0/s1. The van der Waals surface area contributed by atoms with E-state index >= 15 is 0 Å². The summed E-state index contributed by atoms with van der Waals surface area (Å²) in [7, 11) is 0. The molecule has 4 nitrogen and oxygen atoms in total. The maximum atomic E-state index is 12.7. The van der Waals surface area contributed by atoms with Crippen LogP contribution in [0, 0.1) is 2.88 Å². The Morgan fingerprint density at radius 1 is 1.29 bits per heavy atom. The molecule has 1 aromatic heterocycles. The van der Waals surface area contributed by atoms with Gasteiger partial charge in [-0.15, -0.1) is 11.3 Å². The number of benzene rings is 1. The van der Waals surface area contributed by atoms with Gasteiger partial charge in [-0.05, 0) is 39.8 Å². The number of hydrogen-bond donors (Lipinski definition) is 1. The van der Waals surface area contributed by atoms with Gasteiger partial charge in [0.2, 0.25) is 5.91 Å². The van der Waals surface area contributed by atoms with Gasteiger partial charge < -0.3 is 10.6 Å². The second kappa shape index (κ2) is 5.76. The molecule has 2 heterocycles. The molecule has 2 aromatic rings. The number of nitrogens with zero attached hydrogens (tertiary/aromatic N) is 1. The minimum absolute atomic E-state index is 0.132. The first-order valence-electron chi connectivity index (χ1n) is 6.47. The van der Waals surface area contributed by atoms with Crippen LogP contribution in [-0.4, -0.2) is 22.8 Å². The van der Waals surface area contributed by atoms with E-state index in [0.29, 0.717) is 18.5 Å². The van der Waals surface area contributed by atoms with Gasteiger partial charge in [0, 0.05) is 18.3 Å². The van der Waals surface area contributed by atoms with E-state index in [1.807, 2.05) is 35.7 Å². The Balaban J connectivity index is 1.96. The van der Waals surface area contributed by atoms with Gasteiger partial charge in [-0.3, -0.25) is 9.59 Å². The van der Waals surface area contributed by atoms with Crippen LogP contribution in [-0.2, 0) is 17.8 Å². The van der Waals surface area contributed by atoms with Gasteiger partial charge in [-0.25, -0.2) is 0 Å². The molecule has 1 atom stereocenters. The SMILES string of the molecule is NC(=O)[C@@H]1Cc2ccccc2CN1C(=O)c1csc(I)c1. The van der Waals surface area contributed by atoms with Crippen LogP contribution in [0.4, 0.5) is 0 Å². The largest absolute Gasteiger partial charge is 0.368 e. The topological polar surface area (TPSA) is 63.4 Å². The normalized spacial score (nSPS) is 17.4. The number of carbonyl (C=O) groups excluding carboxylic acids is 2. The third-order valence-corrected chi connectivity index (χ3v) is 5.44. The Labute approximate surface area is 140 Å². The van der Waals surface area contributed by atoms with Crippen molar-refractivity contribution in [1.82, 2.24) is 4.90 Å². The van der Waals surface area contributed by atoms with Crippen molar-refractivity contribution >= 4 is 45.7 Å². The quantitative estimate of drug-likeness (QED) is 0.771. The van der Waals surface area contributed by atoms with Crippen LogP contribution in [0.3, 0.4) is 0 Å². The number of halogens is 1. The van der Waals surface area contributed by atoms with Crippen LogP contribution in [0.2, 0.25) is 0 Å². The third kappa shape index (κ3) is 2.82. The molecule has 21 heavy (non-hydrogen) atoms. The number of fused-ring (bicyclic) bond motifs is 1. The molecular weight excluding hydrogens is 399 g/mol. The summed E-state index contributed by atoms with van der Waals surface area (Å²) in [6.07, 6.45) is 0.485. The highest BCUT2D eigenvalue weighted by atomic mass is 127. The molecule has 0 fully saturated rings. The maximum absolute atomic E-state index is 12.7. The van der Waals surface area contributed by atoms with Crippen molar-refractivity contribution in [3.05, 3.63) is 55.3 Å². The molecule has 6 heteroatoms. The van der Waals surface area contributed by atoms with Crippen LogP contribution in [0.15, 0.2) is 35.7 Å². The summed E-state index contributed by atoms with van der Waals surface area (Å²) in [4.78, 5) is 26.0. The zero-order valence-corrected chi connectivity index (χ0v) is 14.1. The minimum atomic E-state index is -0.579. The molecule has 2 amide bonds. The second-order valence-electron chi connectivity index (χ2n) is 4.96. The smallest absolute Gasteiger partial charge is 0.255 e. The summed E-state index contributed by atoms with van der Waals surface area (Å²) in [5, 5.41) is 1.82. The number of nitrogens with two attached hydrogens (primary N) is 1. The number of thiophene rings is 1. The lowest BCUT2D eigenvalue weighted by Crippen LogP contribution is -2.51. The van der Waals surface area contributed by atoms with Crippen LogP contribution in [0.1, 0.15) is 21.5 Å². The Morgan fingerprint density at radius 3 is 2.62 bits per heavy atom. The Morgan fingerprint density at radius 2 is 2.00 bits per heavy atom. The zero-order chi connectivity index (χ0) is 15.0. The summed E-state index contributed by atoms with van der Waals surface area (Å²) in [5.41, 5.74) is 8.29. The first kappa shape index (κ1) is 14.5. The predicted octanol–water partition coefficient (Wildman–Crippen LogP) is 2.41. The molecule has 0 aliphatic carbocycles. The first-order chi connectivity index (χ1) is 10.1. The van der Waals surface area contributed by atoms with Gasteiger partial charge >= 0.3 is 0 Å². The second-order valence-corrected chi connectivity index (χ2v) is 7.77. The summed E-state index contributed by atoms with van der Waals surface area (Å²) in [5.74, 6) is -0.588. The fraction of sp³-hybridized carbons (Fsp3) is 0.200. The number of hydrogen-bond acceptors (Lipinski definition) is 3. The van der Waals surface area contributed by atoms with Crippen molar-refractivity contribution in [2.24, 2.45) is 5.73 Å². The predicted molar refractivity (Wildman–Crippen MR) is 90.0 cm³/mol. The van der Waals surface area contributed by atoms with Gasteiger partial charge in [-0.2, -0.15) is 0 Å². The van der Waals surface area contributed by atoms with E-state index in [1.54, 1.807) is 4.90 Å². The molecule has 2 N–H and O–H groups in total. The zero-order valence-electron chi connectivity index (χ0n) is 11.1. The van der Waals surface area contributed by atoms with Crippen LogP contribution in [0.5, 0.6) is 0 Å². The van der Waals surface area contributed by atoms with Gasteiger partial charge in [0.15, 0.2) is 0 Å². The van der Waals surface area contributed by atoms with Crippen molar-refractivity contribution in [2.75, 3.05) is 0 Å². The maximum Gasteiger partial charge on any atom is 0.255 e. The molecule has 0 spiro atoms. The van der Waals surface area contributed by atoms with Crippen molar-refractivity contribution in [3.63, 3.8) is 0 Å². The highest BCUT2D eigenvalue weighted by Gasteiger charge is 2.33. The van der Waals surface area contributed by atoms with Crippen molar-refractivity contribution in [3.8, 4) is 0 Å². The van der Waals surface area contributed by atoms with Gasteiger partial charge in [0.05, 0.1) is 8.45 Å². The monoisotopic (exact) mass is 412 g/mol. The van der Waals surface area contributed by atoms with Gasteiger partial charge in [0.25, 0.3) is 5.91 Å². The van der Waals surface area contributed by atoms with Crippen LogP contribution in [0.25, 0.3) is 0 Å². The van der Waals surface area contributed by atoms with Crippen LogP contribution < -0.4 is 5.73 Å². The highest BCUT2D eigenvalue weighted by molar-refractivity contribution is 14.1. The molecule has 1 aromatic carbocycles. The average molecular weight is 412 g/mol. The number of amides is 2. The first-order valence-corrected chi connectivity index (χ1v) is 8.43. The summed E-state index contributed by atoms with van der Waals surface area (Å²) in [6, 6.07) is 9.12. The van der Waals surface area contributed by atoms with Crippen molar-refractivity contribution in [2.45, 2.75) is 19.0 Å². The van der Waals surface area contributed by atoms with Crippen LogP contribution >= 0.6 is 33.9 Å².